The van der Waals surface area contributed by atoms with Crippen molar-refractivity contribution in [3.05, 3.63) is 58.1 Å². The van der Waals surface area contributed by atoms with E-state index in [1.807, 2.05) is 32.9 Å². The molecule has 0 amide bonds. The minimum Gasteiger partial charge on any atom is -0.490 e. The van der Waals surface area contributed by atoms with Crippen molar-refractivity contribution in [2.24, 2.45) is 0 Å². The lowest BCUT2D eigenvalue weighted by Crippen LogP contribution is -2.14. The van der Waals surface area contributed by atoms with Crippen molar-refractivity contribution in [3.63, 3.8) is 0 Å². The number of hydrogen-bond acceptors (Lipinski definition) is 3. The molecule has 0 saturated carbocycles. The van der Waals surface area contributed by atoms with Crippen molar-refractivity contribution in [1.82, 2.24) is 5.32 Å². The zero-order valence-corrected chi connectivity index (χ0v) is 15.6. The lowest BCUT2D eigenvalue weighted by molar-refractivity contribution is 0.223. The van der Waals surface area contributed by atoms with Gasteiger partial charge < -0.3 is 14.8 Å². The molecule has 0 heterocycles. The van der Waals surface area contributed by atoms with Crippen molar-refractivity contribution in [2.45, 2.75) is 46.9 Å². The molecular weight excluding hydrogens is 322 g/mol. The predicted octanol–water partition coefficient (Wildman–Crippen LogP) is 5.12. The van der Waals surface area contributed by atoms with Gasteiger partial charge in [-0.05, 0) is 44.9 Å². The van der Waals surface area contributed by atoms with E-state index in [2.05, 4.69) is 36.5 Å². The van der Waals surface area contributed by atoms with E-state index in [1.54, 1.807) is 0 Å². The maximum absolute atomic E-state index is 6.41. The minimum absolute atomic E-state index is 0.0748. The Labute approximate surface area is 149 Å². The van der Waals surface area contributed by atoms with Gasteiger partial charge in [-0.2, -0.15) is 0 Å². The van der Waals surface area contributed by atoms with Gasteiger partial charge in [0.15, 0.2) is 11.5 Å². The van der Waals surface area contributed by atoms with Crippen LogP contribution in [0, 0.1) is 6.92 Å². The van der Waals surface area contributed by atoms with E-state index in [0.29, 0.717) is 23.9 Å². The quantitative estimate of drug-likeness (QED) is 0.718. The number of hydrogen-bond donors (Lipinski definition) is 1. The molecule has 2 aromatic rings. The maximum Gasteiger partial charge on any atom is 0.163 e. The van der Waals surface area contributed by atoms with Gasteiger partial charge in [-0.3, -0.25) is 0 Å². The number of benzene rings is 2. The number of nitrogens with one attached hydrogen (secondary N) is 1. The van der Waals surface area contributed by atoms with Crippen LogP contribution in [0.3, 0.4) is 0 Å². The normalized spacial score (nSPS) is 10.9. The van der Waals surface area contributed by atoms with Gasteiger partial charge in [0.1, 0.15) is 0 Å². The number of aryl methyl sites for hydroxylation is 1. The molecule has 24 heavy (non-hydrogen) atoms. The van der Waals surface area contributed by atoms with E-state index in [-0.39, 0.29) is 6.10 Å². The van der Waals surface area contributed by atoms with Crippen molar-refractivity contribution in [2.75, 3.05) is 6.61 Å². The Balaban J connectivity index is 2.06. The summed E-state index contributed by atoms with van der Waals surface area (Å²) in [5, 5.41) is 4.11. The van der Waals surface area contributed by atoms with Crippen LogP contribution in [0.5, 0.6) is 11.5 Å². The molecule has 0 aliphatic rings. The van der Waals surface area contributed by atoms with Crippen molar-refractivity contribution in [3.8, 4) is 11.5 Å². The molecule has 2 rings (SSSR count). The molecule has 1 N–H and O–H groups in total. The largest absolute Gasteiger partial charge is 0.490 e. The zero-order valence-electron chi connectivity index (χ0n) is 14.9. The van der Waals surface area contributed by atoms with Gasteiger partial charge in [0.05, 0.1) is 12.7 Å². The molecule has 0 radical (unpaired) electrons. The molecular formula is C20H26ClNO2. The second kappa shape index (κ2) is 8.95. The summed E-state index contributed by atoms with van der Waals surface area (Å²) in [5.41, 5.74) is 3.52. The summed E-state index contributed by atoms with van der Waals surface area (Å²) in [6.45, 7) is 10.1. The summed E-state index contributed by atoms with van der Waals surface area (Å²) in [7, 11) is 0. The molecule has 0 unspecified atom stereocenters. The van der Waals surface area contributed by atoms with Crippen LogP contribution in [0.1, 0.15) is 37.5 Å². The summed E-state index contributed by atoms with van der Waals surface area (Å²) in [6.07, 6.45) is 0.0748. The van der Waals surface area contributed by atoms with Crippen LogP contribution < -0.4 is 14.8 Å². The van der Waals surface area contributed by atoms with Gasteiger partial charge in [0.2, 0.25) is 0 Å². The Kier molecular flexibility index (Phi) is 6.95. The van der Waals surface area contributed by atoms with Gasteiger partial charge in [-0.15, -0.1) is 0 Å². The molecule has 0 fully saturated rings. The van der Waals surface area contributed by atoms with Crippen LogP contribution in [0.4, 0.5) is 0 Å². The number of rotatable bonds is 8. The molecule has 0 spiro atoms. The lowest BCUT2D eigenvalue weighted by atomic mass is 10.1. The molecule has 0 bridgehead atoms. The third-order valence-corrected chi connectivity index (χ3v) is 3.89. The summed E-state index contributed by atoms with van der Waals surface area (Å²) >= 11 is 6.41. The first kappa shape index (κ1) is 18.6. The van der Waals surface area contributed by atoms with E-state index in [0.717, 1.165) is 17.9 Å². The van der Waals surface area contributed by atoms with Crippen molar-refractivity contribution >= 4 is 11.6 Å². The van der Waals surface area contributed by atoms with Crippen LogP contribution in [0.25, 0.3) is 0 Å². The van der Waals surface area contributed by atoms with Gasteiger partial charge in [-0.1, -0.05) is 41.4 Å². The molecule has 0 aliphatic heterocycles. The van der Waals surface area contributed by atoms with Crippen LogP contribution in [-0.2, 0) is 13.1 Å². The molecule has 2 aromatic carbocycles. The fourth-order valence-corrected chi connectivity index (χ4v) is 2.59. The maximum atomic E-state index is 6.41. The first-order valence-electron chi connectivity index (χ1n) is 8.37. The topological polar surface area (TPSA) is 30.5 Å². The summed E-state index contributed by atoms with van der Waals surface area (Å²) in [6, 6.07) is 12.3. The van der Waals surface area contributed by atoms with E-state index in [4.69, 9.17) is 21.1 Å². The number of halogens is 1. The Morgan fingerprint density at radius 3 is 2.38 bits per heavy atom. The zero-order chi connectivity index (χ0) is 17.5. The average molecular weight is 348 g/mol. The summed E-state index contributed by atoms with van der Waals surface area (Å²) < 4.78 is 11.5. The molecule has 0 atom stereocenters. The highest BCUT2D eigenvalue weighted by Crippen LogP contribution is 2.34. The highest BCUT2D eigenvalue weighted by molar-refractivity contribution is 6.31. The minimum atomic E-state index is 0.0748. The predicted molar refractivity (Wildman–Crippen MR) is 100 cm³/mol. The molecule has 0 aromatic heterocycles. The standard InChI is InChI=1S/C20H26ClNO2/c1-5-23-19-10-17(18(21)11-20(19)24-14(2)3)13-22-12-16-8-6-15(4)7-9-16/h6-11,14,22H,5,12-13H2,1-4H3. The third kappa shape index (κ3) is 5.43. The van der Waals surface area contributed by atoms with Crippen molar-refractivity contribution in [1.29, 1.82) is 0 Å². The van der Waals surface area contributed by atoms with E-state index >= 15 is 0 Å². The molecule has 3 nitrogen and oxygen atoms in total. The Morgan fingerprint density at radius 2 is 1.75 bits per heavy atom. The van der Waals surface area contributed by atoms with E-state index in [9.17, 15) is 0 Å². The molecule has 4 heteroatoms. The Bertz CT molecular complexity index is 653. The van der Waals surface area contributed by atoms with Crippen LogP contribution in [0.15, 0.2) is 36.4 Å². The average Bonchev–Trinajstić information content (AvgIpc) is 2.53. The Morgan fingerprint density at radius 1 is 1.04 bits per heavy atom. The van der Waals surface area contributed by atoms with Crippen LogP contribution >= 0.6 is 11.6 Å². The fraction of sp³-hybridized carbons (Fsp3) is 0.400. The number of ether oxygens (including phenoxy) is 2. The van der Waals surface area contributed by atoms with Crippen LogP contribution in [-0.4, -0.2) is 12.7 Å². The van der Waals surface area contributed by atoms with E-state index in [1.165, 1.54) is 11.1 Å². The molecule has 0 saturated heterocycles. The van der Waals surface area contributed by atoms with E-state index < -0.39 is 0 Å². The summed E-state index contributed by atoms with van der Waals surface area (Å²) in [4.78, 5) is 0. The smallest absolute Gasteiger partial charge is 0.163 e. The fourth-order valence-electron chi connectivity index (χ4n) is 2.37. The molecule has 130 valence electrons. The highest BCUT2D eigenvalue weighted by atomic mass is 35.5. The Hall–Kier alpha value is -1.71. The van der Waals surface area contributed by atoms with Gasteiger partial charge in [-0.25, -0.2) is 0 Å². The second-order valence-corrected chi connectivity index (χ2v) is 6.49. The lowest BCUT2D eigenvalue weighted by Gasteiger charge is -2.17. The first-order valence-corrected chi connectivity index (χ1v) is 8.75. The van der Waals surface area contributed by atoms with Gasteiger partial charge in [0, 0.05) is 24.2 Å². The monoisotopic (exact) mass is 347 g/mol. The second-order valence-electron chi connectivity index (χ2n) is 6.08. The molecule has 0 aliphatic carbocycles. The third-order valence-electron chi connectivity index (χ3n) is 3.54. The SMILES string of the molecule is CCOc1cc(CNCc2ccc(C)cc2)c(Cl)cc1OC(C)C. The van der Waals surface area contributed by atoms with Crippen molar-refractivity contribution < 1.29 is 9.47 Å². The first-order chi connectivity index (χ1) is 11.5. The van der Waals surface area contributed by atoms with Gasteiger partial charge in [0.25, 0.3) is 0 Å². The summed E-state index contributed by atoms with van der Waals surface area (Å²) in [5.74, 6) is 1.43. The van der Waals surface area contributed by atoms with Crippen LogP contribution in [0.2, 0.25) is 5.02 Å². The van der Waals surface area contributed by atoms with Gasteiger partial charge >= 0.3 is 0 Å². The highest BCUT2D eigenvalue weighted by Gasteiger charge is 2.12.